The lowest BCUT2D eigenvalue weighted by atomic mass is 10.1. The van der Waals surface area contributed by atoms with Gasteiger partial charge in [-0.05, 0) is 46.7 Å². The molecule has 3 rings (SSSR count). The number of aromatic nitrogens is 2. The highest BCUT2D eigenvalue weighted by molar-refractivity contribution is 14.1. The van der Waals surface area contributed by atoms with Gasteiger partial charge in [-0.15, -0.1) is 0 Å². The molecule has 20 heavy (non-hydrogen) atoms. The van der Waals surface area contributed by atoms with Crippen molar-refractivity contribution in [3.05, 3.63) is 69.1 Å². The summed E-state index contributed by atoms with van der Waals surface area (Å²) in [6, 6.07) is 16.3. The molecule has 3 aromatic rings. The highest BCUT2D eigenvalue weighted by Gasteiger charge is 2.11. The van der Waals surface area contributed by atoms with Crippen molar-refractivity contribution in [1.29, 1.82) is 0 Å². The van der Waals surface area contributed by atoms with E-state index >= 15 is 0 Å². The molecule has 0 aliphatic heterocycles. The van der Waals surface area contributed by atoms with E-state index in [1.54, 1.807) is 0 Å². The summed E-state index contributed by atoms with van der Waals surface area (Å²) in [5.41, 5.74) is 3.37. The SMILES string of the molecule is Cc1ccccc1-c1noc(Cc2ccccc2I)n1. The number of aryl methyl sites for hydroxylation is 1. The zero-order valence-electron chi connectivity index (χ0n) is 11.0. The van der Waals surface area contributed by atoms with Gasteiger partial charge in [-0.2, -0.15) is 4.98 Å². The Morgan fingerprint density at radius 2 is 1.80 bits per heavy atom. The Hall–Kier alpha value is -1.69. The van der Waals surface area contributed by atoms with Gasteiger partial charge in [0.15, 0.2) is 0 Å². The number of hydrogen-bond donors (Lipinski definition) is 0. The van der Waals surface area contributed by atoms with Gasteiger partial charge < -0.3 is 4.52 Å². The Labute approximate surface area is 131 Å². The third kappa shape index (κ3) is 2.75. The van der Waals surface area contributed by atoms with E-state index in [0.29, 0.717) is 18.1 Å². The zero-order chi connectivity index (χ0) is 13.9. The lowest BCUT2D eigenvalue weighted by Crippen LogP contribution is -1.92. The third-order valence-electron chi connectivity index (χ3n) is 3.15. The van der Waals surface area contributed by atoms with Gasteiger partial charge in [0.25, 0.3) is 0 Å². The number of hydrogen-bond acceptors (Lipinski definition) is 3. The summed E-state index contributed by atoms with van der Waals surface area (Å²) in [4.78, 5) is 4.50. The van der Waals surface area contributed by atoms with Crippen molar-refractivity contribution in [2.45, 2.75) is 13.3 Å². The van der Waals surface area contributed by atoms with Crippen molar-refractivity contribution in [2.24, 2.45) is 0 Å². The molecule has 100 valence electrons. The largest absolute Gasteiger partial charge is 0.339 e. The van der Waals surface area contributed by atoms with Gasteiger partial charge in [-0.25, -0.2) is 0 Å². The van der Waals surface area contributed by atoms with E-state index in [1.165, 1.54) is 9.13 Å². The molecule has 0 spiro atoms. The second-order valence-corrected chi connectivity index (χ2v) is 5.76. The summed E-state index contributed by atoms with van der Waals surface area (Å²) in [5, 5.41) is 4.08. The minimum absolute atomic E-state index is 0.646. The Bertz CT molecular complexity index is 737. The molecule has 0 aliphatic rings. The molecule has 0 N–H and O–H groups in total. The van der Waals surface area contributed by atoms with Gasteiger partial charge in [0, 0.05) is 9.13 Å². The lowest BCUT2D eigenvalue weighted by Gasteiger charge is -1.99. The molecule has 0 saturated carbocycles. The molecule has 0 atom stereocenters. The van der Waals surface area contributed by atoms with Crippen molar-refractivity contribution in [2.75, 3.05) is 0 Å². The summed E-state index contributed by atoms with van der Waals surface area (Å²) < 4.78 is 6.58. The first kappa shape index (κ1) is 13.3. The maximum Gasteiger partial charge on any atom is 0.231 e. The maximum atomic E-state index is 5.37. The number of nitrogens with zero attached hydrogens (tertiary/aromatic N) is 2. The Kier molecular flexibility index (Phi) is 3.82. The second kappa shape index (κ2) is 5.75. The molecule has 0 fully saturated rings. The van der Waals surface area contributed by atoms with E-state index in [4.69, 9.17) is 4.52 Å². The van der Waals surface area contributed by atoms with Gasteiger partial charge in [-0.1, -0.05) is 47.6 Å². The van der Waals surface area contributed by atoms with Crippen LogP contribution in [0.15, 0.2) is 53.1 Å². The van der Waals surface area contributed by atoms with Crippen LogP contribution in [0.1, 0.15) is 17.0 Å². The normalized spacial score (nSPS) is 10.7. The van der Waals surface area contributed by atoms with E-state index < -0.39 is 0 Å². The van der Waals surface area contributed by atoms with Crippen LogP contribution in [0.25, 0.3) is 11.4 Å². The van der Waals surface area contributed by atoms with E-state index in [2.05, 4.69) is 44.9 Å². The zero-order valence-corrected chi connectivity index (χ0v) is 13.2. The van der Waals surface area contributed by atoms with Gasteiger partial charge in [0.05, 0.1) is 6.42 Å². The molecule has 0 aliphatic carbocycles. The van der Waals surface area contributed by atoms with Crippen molar-refractivity contribution in [3.63, 3.8) is 0 Å². The predicted octanol–water partition coefficient (Wildman–Crippen LogP) is 4.24. The molecule has 1 aromatic heterocycles. The molecule has 0 saturated heterocycles. The van der Waals surface area contributed by atoms with Crippen molar-refractivity contribution in [3.8, 4) is 11.4 Å². The molecule has 2 aromatic carbocycles. The van der Waals surface area contributed by atoms with Gasteiger partial charge in [0.1, 0.15) is 0 Å². The van der Waals surface area contributed by atoms with Crippen molar-refractivity contribution in [1.82, 2.24) is 10.1 Å². The van der Waals surface area contributed by atoms with Crippen molar-refractivity contribution < 1.29 is 4.52 Å². The Balaban J connectivity index is 1.88. The monoisotopic (exact) mass is 376 g/mol. The Morgan fingerprint density at radius 1 is 1.05 bits per heavy atom. The topological polar surface area (TPSA) is 38.9 Å². The molecule has 0 amide bonds. The van der Waals surface area contributed by atoms with Crippen LogP contribution in [0, 0.1) is 10.5 Å². The van der Waals surface area contributed by atoms with E-state index in [0.717, 1.165) is 11.1 Å². The average Bonchev–Trinajstić information content (AvgIpc) is 2.90. The fourth-order valence-electron chi connectivity index (χ4n) is 2.06. The highest BCUT2D eigenvalue weighted by atomic mass is 127. The summed E-state index contributed by atoms with van der Waals surface area (Å²) in [7, 11) is 0. The van der Waals surface area contributed by atoms with Crippen molar-refractivity contribution >= 4 is 22.6 Å². The van der Waals surface area contributed by atoms with Crippen LogP contribution in [0.5, 0.6) is 0 Å². The van der Waals surface area contributed by atoms with E-state index in [1.807, 2.05) is 43.3 Å². The standard InChI is InChI=1S/C16H13IN2O/c1-11-6-2-4-8-13(11)16-18-15(20-19-16)10-12-7-3-5-9-14(12)17/h2-9H,10H2,1H3. The van der Waals surface area contributed by atoms with Crippen LogP contribution >= 0.6 is 22.6 Å². The van der Waals surface area contributed by atoms with Crippen LogP contribution in [-0.4, -0.2) is 10.1 Å². The molecular weight excluding hydrogens is 363 g/mol. The van der Waals surface area contributed by atoms with Gasteiger partial charge in [-0.3, -0.25) is 0 Å². The maximum absolute atomic E-state index is 5.37. The summed E-state index contributed by atoms with van der Waals surface area (Å²) in [5.74, 6) is 1.30. The molecular formula is C16H13IN2O. The minimum atomic E-state index is 0.646. The highest BCUT2D eigenvalue weighted by Crippen LogP contribution is 2.21. The number of halogens is 1. The minimum Gasteiger partial charge on any atom is -0.339 e. The third-order valence-corrected chi connectivity index (χ3v) is 4.21. The second-order valence-electron chi connectivity index (χ2n) is 4.59. The van der Waals surface area contributed by atoms with Crippen LogP contribution < -0.4 is 0 Å². The van der Waals surface area contributed by atoms with Gasteiger partial charge in [0.2, 0.25) is 11.7 Å². The summed E-state index contributed by atoms with van der Waals surface area (Å²) in [6.07, 6.45) is 0.665. The van der Waals surface area contributed by atoms with Crippen LogP contribution in [0.3, 0.4) is 0 Å². The summed E-state index contributed by atoms with van der Waals surface area (Å²) >= 11 is 2.32. The van der Waals surface area contributed by atoms with Crippen LogP contribution in [0.2, 0.25) is 0 Å². The summed E-state index contributed by atoms with van der Waals surface area (Å²) in [6.45, 7) is 2.05. The first-order valence-corrected chi connectivity index (χ1v) is 7.44. The molecule has 3 nitrogen and oxygen atoms in total. The number of rotatable bonds is 3. The Morgan fingerprint density at radius 3 is 2.60 bits per heavy atom. The van der Waals surface area contributed by atoms with E-state index in [9.17, 15) is 0 Å². The molecule has 0 bridgehead atoms. The lowest BCUT2D eigenvalue weighted by molar-refractivity contribution is 0.385. The molecule has 4 heteroatoms. The molecule has 1 heterocycles. The molecule has 0 unspecified atom stereocenters. The van der Waals surface area contributed by atoms with Crippen LogP contribution in [-0.2, 0) is 6.42 Å². The smallest absolute Gasteiger partial charge is 0.231 e. The first-order chi connectivity index (χ1) is 9.74. The molecule has 0 radical (unpaired) electrons. The average molecular weight is 376 g/mol. The predicted molar refractivity (Wildman–Crippen MR) is 86.4 cm³/mol. The van der Waals surface area contributed by atoms with Crippen LogP contribution in [0.4, 0.5) is 0 Å². The quantitative estimate of drug-likeness (QED) is 0.642. The fourth-order valence-corrected chi connectivity index (χ4v) is 2.64. The fraction of sp³-hybridized carbons (Fsp3) is 0.125. The number of benzene rings is 2. The first-order valence-electron chi connectivity index (χ1n) is 6.36. The van der Waals surface area contributed by atoms with Gasteiger partial charge >= 0.3 is 0 Å². The van der Waals surface area contributed by atoms with E-state index in [-0.39, 0.29) is 0 Å².